The predicted molar refractivity (Wildman–Crippen MR) is 93.3 cm³/mol. The van der Waals surface area contributed by atoms with Crippen molar-refractivity contribution in [1.29, 1.82) is 0 Å². The average Bonchev–Trinajstić information content (AvgIpc) is 2.22. The highest BCUT2D eigenvalue weighted by Gasteiger charge is 2.18. The SMILES string of the molecule is CC(=O)COCCNC(=O)CC(=O)CC(C)(C)C.CC(C)(C)C. The highest BCUT2D eigenvalue weighted by Crippen LogP contribution is 2.19. The van der Waals surface area contributed by atoms with Gasteiger partial charge in [-0.25, -0.2) is 0 Å². The van der Waals surface area contributed by atoms with Gasteiger partial charge in [-0.2, -0.15) is 0 Å². The number of ether oxygens (including phenoxy) is 1. The van der Waals surface area contributed by atoms with Gasteiger partial charge in [0.1, 0.15) is 12.4 Å². The van der Waals surface area contributed by atoms with E-state index in [4.69, 9.17) is 4.74 Å². The van der Waals surface area contributed by atoms with Crippen LogP contribution in [0.15, 0.2) is 0 Å². The van der Waals surface area contributed by atoms with Crippen LogP contribution >= 0.6 is 0 Å². The molecule has 0 rings (SSSR count). The molecular weight excluding hydrogens is 294 g/mol. The maximum atomic E-state index is 11.5. The van der Waals surface area contributed by atoms with Crippen LogP contribution in [0.2, 0.25) is 0 Å². The maximum absolute atomic E-state index is 11.5. The van der Waals surface area contributed by atoms with Crippen LogP contribution in [0.3, 0.4) is 0 Å². The minimum atomic E-state index is -0.296. The van der Waals surface area contributed by atoms with E-state index in [0.717, 1.165) is 0 Å². The third-order valence-electron chi connectivity index (χ3n) is 1.96. The van der Waals surface area contributed by atoms with E-state index in [1.54, 1.807) is 0 Å². The molecule has 136 valence electrons. The van der Waals surface area contributed by atoms with Gasteiger partial charge in [0, 0.05) is 13.0 Å². The number of hydrogen-bond donors (Lipinski definition) is 1. The minimum absolute atomic E-state index is 0.0540. The summed E-state index contributed by atoms with van der Waals surface area (Å²) in [6.45, 7) is 16.7. The molecule has 1 amide bonds. The fraction of sp³-hybridized carbons (Fsp3) is 0.833. The van der Waals surface area contributed by atoms with Crippen molar-refractivity contribution in [3.05, 3.63) is 0 Å². The average molecular weight is 329 g/mol. The second-order valence-corrected chi connectivity index (χ2v) is 8.56. The molecule has 0 aromatic carbocycles. The summed E-state index contributed by atoms with van der Waals surface area (Å²) in [7, 11) is 0. The topological polar surface area (TPSA) is 72.5 Å². The van der Waals surface area contributed by atoms with Gasteiger partial charge in [0.05, 0.1) is 13.0 Å². The van der Waals surface area contributed by atoms with Crippen molar-refractivity contribution in [3.8, 4) is 0 Å². The molecule has 0 fully saturated rings. The molecule has 0 unspecified atom stereocenters. The van der Waals surface area contributed by atoms with Crippen LogP contribution in [0, 0.1) is 10.8 Å². The maximum Gasteiger partial charge on any atom is 0.227 e. The van der Waals surface area contributed by atoms with E-state index in [1.807, 2.05) is 20.8 Å². The van der Waals surface area contributed by atoms with Crippen LogP contribution in [0.4, 0.5) is 0 Å². The van der Waals surface area contributed by atoms with Crippen LogP contribution in [0.1, 0.15) is 68.2 Å². The van der Waals surface area contributed by atoms with Crippen LogP contribution in [0.25, 0.3) is 0 Å². The second kappa shape index (κ2) is 11.3. The van der Waals surface area contributed by atoms with Gasteiger partial charge in [0.2, 0.25) is 5.91 Å². The zero-order valence-corrected chi connectivity index (χ0v) is 16.2. The third-order valence-corrected chi connectivity index (χ3v) is 1.96. The van der Waals surface area contributed by atoms with E-state index in [2.05, 4.69) is 33.0 Å². The number of carbonyl (C=O) groups is 3. The van der Waals surface area contributed by atoms with Crippen molar-refractivity contribution in [1.82, 2.24) is 5.32 Å². The fourth-order valence-electron chi connectivity index (χ4n) is 1.37. The first kappa shape index (κ1) is 24.0. The highest BCUT2D eigenvalue weighted by molar-refractivity contribution is 5.98. The summed E-state index contributed by atoms with van der Waals surface area (Å²) in [6, 6.07) is 0. The molecule has 0 aliphatic carbocycles. The van der Waals surface area contributed by atoms with E-state index in [-0.39, 0.29) is 42.5 Å². The molecule has 5 nitrogen and oxygen atoms in total. The molecule has 0 aromatic rings. The van der Waals surface area contributed by atoms with Crippen molar-refractivity contribution in [3.63, 3.8) is 0 Å². The third kappa shape index (κ3) is 29.4. The summed E-state index contributed by atoms with van der Waals surface area (Å²) in [5.74, 6) is -0.415. The van der Waals surface area contributed by atoms with E-state index >= 15 is 0 Å². The van der Waals surface area contributed by atoms with E-state index in [0.29, 0.717) is 18.4 Å². The lowest BCUT2D eigenvalue weighted by Crippen LogP contribution is -2.30. The minimum Gasteiger partial charge on any atom is -0.372 e. The molecule has 0 radical (unpaired) electrons. The Morgan fingerprint density at radius 3 is 1.83 bits per heavy atom. The molecule has 0 saturated heterocycles. The Morgan fingerprint density at radius 2 is 1.43 bits per heavy atom. The first-order chi connectivity index (χ1) is 10.2. The fourth-order valence-corrected chi connectivity index (χ4v) is 1.37. The number of hydrogen-bond acceptors (Lipinski definition) is 4. The molecule has 0 spiro atoms. The van der Waals surface area contributed by atoms with E-state index < -0.39 is 0 Å². The lowest BCUT2D eigenvalue weighted by atomic mass is 9.89. The number of rotatable bonds is 8. The Morgan fingerprint density at radius 1 is 0.957 bits per heavy atom. The zero-order valence-electron chi connectivity index (χ0n) is 16.2. The van der Waals surface area contributed by atoms with E-state index in [9.17, 15) is 14.4 Å². The summed E-state index contributed by atoms with van der Waals surface area (Å²) >= 11 is 0. The molecule has 0 aromatic heterocycles. The Hall–Kier alpha value is -1.23. The standard InChI is InChI=1S/C13H23NO4.C5H12/c1-10(15)9-18-6-5-14-12(17)7-11(16)8-13(2,3)4;1-5(2,3)4/h5-9H2,1-4H3,(H,14,17);1-4H3. The van der Waals surface area contributed by atoms with Crippen LogP contribution in [0.5, 0.6) is 0 Å². The Balaban J connectivity index is 0. The van der Waals surface area contributed by atoms with Crippen molar-refractivity contribution in [2.75, 3.05) is 19.8 Å². The molecule has 5 heteroatoms. The van der Waals surface area contributed by atoms with Gasteiger partial charge in [0.15, 0.2) is 5.78 Å². The van der Waals surface area contributed by atoms with Gasteiger partial charge in [-0.05, 0) is 17.8 Å². The molecule has 0 atom stereocenters. The van der Waals surface area contributed by atoms with E-state index in [1.165, 1.54) is 6.92 Å². The lowest BCUT2D eigenvalue weighted by Gasteiger charge is -2.16. The van der Waals surface area contributed by atoms with Gasteiger partial charge < -0.3 is 10.1 Å². The molecule has 0 aliphatic rings. The normalized spacial score (nSPS) is 11.3. The number of nitrogens with one attached hydrogen (secondary N) is 1. The summed E-state index contributed by atoms with van der Waals surface area (Å²) in [5, 5.41) is 2.58. The van der Waals surface area contributed by atoms with Gasteiger partial charge in [0.25, 0.3) is 0 Å². The van der Waals surface area contributed by atoms with Crippen LogP contribution in [-0.4, -0.2) is 37.2 Å². The van der Waals surface area contributed by atoms with Gasteiger partial charge in [-0.3, -0.25) is 14.4 Å². The second-order valence-electron chi connectivity index (χ2n) is 8.56. The van der Waals surface area contributed by atoms with Gasteiger partial charge >= 0.3 is 0 Å². The van der Waals surface area contributed by atoms with Crippen molar-refractivity contribution in [2.24, 2.45) is 10.8 Å². The molecular formula is C18H35NO4. The summed E-state index contributed by atoms with van der Waals surface area (Å²) < 4.78 is 4.98. The smallest absolute Gasteiger partial charge is 0.227 e. The largest absolute Gasteiger partial charge is 0.372 e. The number of amides is 1. The molecule has 0 bridgehead atoms. The Labute approximate surface area is 141 Å². The molecule has 23 heavy (non-hydrogen) atoms. The van der Waals surface area contributed by atoms with Crippen molar-refractivity contribution < 1.29 is 19.1 Å². The quantitative estimate of drug-likeness (QED) is 0.548. The first-order valence-corrected chi connectivity index (χ1v) is 8.06. The Kier molecular flexibility index (Phi) is 11.8. The predicted octanol–water partition coefficient (Wildman–Crippen LogP) is 3.16. The number of ketones is 2. The Bertz CT molecular complexity index is 369. The zero-order chi connectivity index (χ0) is 18.7. The molecule has 0 saturated carbocycles. The number of Topliss-reactive ketones (excluding diaryl/α,β-unsaturated/α-hetero) is 2. The summed E-state index contributed by atoms with van der Waals surface area (Å²) in [6.07, 6.45) is 0.297. The van der Waals surface area contributed by atoms with Gasteiger partial charge in [-0.1, -0.05) is 48.5 Å². The summed E-state index contributed by atoms with van der Waals surface area (Å²) in [5.41, 5.74) is 0.405. The summed E-state index contributed by atoms with van der Waals surface area (Å²) in [4.78, 5) is 33.5. The van der Waals surface area contributed by atoms with Crippen molar-refractivity contribution in [2.45, 2.75) is 68.2 Å². The molecule has 0 aliphatic heterocycles. The first-order valence-electron chi connectivity index (χ1n) is 8.06. The van der Waals surface area contributed by atoms with Crippen LogP contribution in [-0.2, 0) is 19.1 Å². The monoisotopic (exact) mass is 329 g/mol. The lowest BCUT2D eigenvalue weighted by molar-refractivity contribution is -0.129. The van der Waals surface area contributed by atoms with Crippen molar-refractivity contribution >= 4 is 17.5 Å². The highest BCUT2D eigenvalue weighted by atomic mass is 16.5. The number of carbonyl (C=O) groups excluding carboxylic acids is 3. The molecule has 0 heterocycles. The van der Waals surface area contributed by atoms with Gasteiger partial charge in [-0.15, -0.1) is 0 Å². The van der Waals surface area contributed by atoms with Crippen LogP contribution < -0.4 is 5.32 Å². The molecule has 1 N–H and O–H groups in total.